The van der Waals surface area contributed by atoms with Gasteiger partial charge < -0.3 is 19.4 Å². The van der Waals surface area contributed by atoms with Crippen molar-refractivity contribution in [3.8, 4) is 11.5 Å². The van der Waals surface area contributed by atoms with Crippen LogP contribution in [-0.2, 0) is 0 Å². The minimum Gasteiger partial charge on any atom is -0.512 e. The molecule has 18 heavy (non-hydrogen) atoms. The van der Waals surface area contributed by atoms with Crippen LogP contribution in [0.2, 0.25) is 0 Å². The molecule has 0 spiro atoms. The zero-order valence-electron chi connectivity index (χ0n) is 10.8. The molecule has 1 aromatic rings. The standard InChI is InChI=1S/C12H18BFO4/c1-12(2,3)4-5-17-10-6-9(14)7-11(8-10)18-13(15)16/h6-8,15-16H,4-5H2,1-3H3. The normalized spacial score (nSPS) is 11.2. The molecule has 0 unspecified atom stereocenters. The van der Waals surface area contributed by atoms with Crippen molar-refractivity contribution in [3.05, 3.63) is 24.0 Å². The van der Waals surface area contributed by atoms with E-state index < -0.39 is 13.1 Å². The lowest BCUT2D eigenvalue weighted by atomic mass is 9.93. The van der Waals surface area contributed by atoms with Crippen LogP contribution in [0.1, 0.15) is 27.2 Å². The number of ether oxygens (including phenoxy) is 1. The zero-order chi connectivity index (χ0) is 13.8. The summed E-state index contributed by atoms with van der Waals surface area (Å²) in [4.78, 5) is 0. The maximum absolute atomic E-state index is 13.2. The fraction of sp³-hybridized carbons (Fsp3) is 0.500. The van der Waals surface area contributed by atoms with Gasteiger partial charge in [0.05, 0.1) is 6.61 Å². The van der Waals surface area contributed by atoms with Crippen LogP contribution >= 0.6 is 0 Å². The van der Waals surface area contributed by atoms with E-state index in [9.17, 15) is 4.39 Å². The van der Waals surface area contributed by atoms with Gasteiger partial charge in [-0.15, -0.1) is 0 Å². The van der Waals surface area contributed by atoms with E-state index in [1.54, 1.807) is 0 Å². The maximum atomic E-state index is 13.2. The first-order chi connectivity index (χ1) is 8.26. The van der Waals surface area contributed by atoms with Crippen molar-refractivity contribution in [2.75, 3.05) is 6.61 Å². The van der Waals surface area contributed by atoms with Gasteiger partial charge in [-0.2, -0.15) is 0 Å². The van der Waals surface area contributed by atoms with Gasteiger partial charge in [0.15, 0.2) is 0 Å². The van der Waals surface area contributed by atoms with Gasteiger partial charge in [-0.3, -0.25) is 0 Å². The Morgan fingerprint density at radius 2 is 1.78 bits per heavy atom. The Labute approximate surface area is 107 Å². The van der Waals surface area contributed by atoms with Gasteiger partial charge >= 0.3 is 7.32 Å². The Balaban J connectivity index is 2.62. The quantitative estimate of drug-likeness (QED) is 0.791. The van der Waals surface area contributed by atoms with Crippen LogP contribution in [0.3, 0.4) is 0 Å². The van der Waals surface area contributed by atoms with Gasteiger partial charge in [0, 0.05) is 18.2 Å². The molecule has 1 rings (SSSR count). The van der Waals surface area contributed by atoms with Gasteiger partial charge in [0.2, 0.25) is 0 Å². The zero-order valence-corrected chi connectivity index (χ0v) is 10.8. The summed E-state index contributed by atoms with van der Waals surface area (Å²) in [5, 5.41) is 17.3. The third-order valence-corrected chi connectivity index (χ3v) is 2.21. The lowest BCUT2D eigenvalue weighted by Crippen LogP contribution is -2.20. The molecule has 0 aliphatic rings. The lowest BCUT2D eigenvalue weighted by molar-refractivity contribution is 0.241. The topological polar surface area (TPSA) is 58.9 Å². The van der Waals surface area contributed by atoms with Crippen LogP contribution in [0.25, 0.3) is 0 Å². The van der Waals surface area contributed by atoms with E-state index in [4.69, 9.17) is 14.8 Å². The Kier molecular flexibility index (Phi) is 4.98. The Morgan fingerprint density at radius 3 is 2.33 bits per heavy atom. The molecule has 0 atom stereocenters. The molecule has 0 amide bonds. The van der Waals surface area contributed by atoms with Crippen LogP contribution in [0.15, 0.2) is 18.2 Å². The highest BCUT2D eigenvalue weighted by Gasteiger charge is 2.14. The number of benzene rings is 1. The molecule has 0 aliphatic heterocycles. The van der Waals surface area contributed by atoms with Crippen molar-refractivity contribution in [1.82, 2.24) is 0 Å². The Hall–Kier alpha value is -1.27. The van der Waals surface area contributed by atoms with Crippen molar-refractivity contribution >= 4 is 7.32 Å². The molecule has 0 fully saturated rings. The fourth-order valence-electron chi connectivity index (χ4n) is 1.29. The minimum atomic E-state index is -1.98. The van der Waals surface area contributed by atoms with Crippen LogP contribution in [-0.4, -0.2) is 24.0 Å². The van der Waals surface area contributed by atoms with Crippen molar-refractivity contribution in [2.24, 2.45) is 5.41 Å². The second-order valence-corrected chi connectivity index (χ2v) is 5.23. The van der Waals surface area contributed by atoms with E-state index in [0.717, 1.165) is 12.5 Å². The largest absolute Gasteiger partial charge is 0.707 e. The molecule has 0 bridgehead atoms. The molecule has 100 valence electrons. The second-order valence-electron chi connectivity index (χ2n) is 5.23. The summed E-state index contributed by atoms with van der Waals surface area (Å²) < 4.78 is 23.2. The molecule has 2 N–H and O–H groups in total. The van der Waals surface area contributed by atoms with Gasteiger partial charge in [-0.05, 0) is 11.8 Å². The highest BCUT2D eigenvalue weighted by atomic mass is 19.1. The van der Waals surface area contributed by atoms with Gasteiger partial charge in [0.25, 0.3) is 0 Å². The van der Waals surface area contributed by atoms with Crippen molar-refractivity contribution in [3.63, 3.8) is 0 Å². The van der Waals surface area contributed by atoms with Gasteiger partial charge in [-0.25, -0.2) is 4.39 Å². The first-order valence-electron chi connectivity index (χ1n) is 5.72. The molecule has 0 heterocycles. The number of rotatable bonds is 5. The third-order valence-electron chi connectivity index (χ3n) is 2.21. The Morgan fingerprint density at radius 1 is 1.17 bits per heavy atom. The first-order valence-corrected chi connectivity index (χ1v) is 5.72. The predicted molar refractivity (Wildman–Crippen MR) is 66.8 cm³/mol. The van der Waals surface area contributed by atoms with Crippen molar-refractivity contribution in [1.29, 1.82) is 0 Å². The summed E-state index contributed by atoms with van der Waals surface area (Å²) in [5.74, 6) is -0.246. The van der Waals surface area contributed by atoms with E-state index in [1.807, 2.05) is 0 Å². The fourth-order valence-corrected chi connectivity index (χ4v) is 1.29. The maximum Gasteiger partial charge on any atom is 0.707 e. The van der Waals surface area contributed by atoms with Crippen LogP contribution < -0.4 is 9.39 Å². The van der Waals surface area contributed by atoms with Crippen molar-refractivity contribution < 1.29 is 23.8 Å². The van der Waals surface area contributed by atoms with E-state index in [0.29, 0.717) is 12.4 Å². The molecule has 0 radical (unpaired) electrons. The molecule has 0 saturated heterocycles. The van der Waals surface area contributed by atoms with E-state index in [-0.39, 0.29) is 11.2 Å². The number of hydrogen-bond acceptors (Lipinski definition) is 4. The number of hydrogen-bond donors (Lipinski definition) is 2. The lowest BCUT2D eigenvalue weighted by Gasteiger charge is -2.18. The molecule has 0 aliphatic carbocycles. The Bertz CT molecular complexity index is 390. The van der Waals surface area contributed by atoms with Crippen LogP contribution in [0.5, 0.6) is 11.5 Å². The van der Waals surface area contributed by atoms with E-state index in [2.05, 4.69) is 25.4 Å². The average molecular weight is 256 g/mol. The minimum absolute atomic E-state index is 0.00996. The first kappa shape index (κ1) is 14.8. The van der Waals surface area contributed by atoms with Gasteiger partial charge in [0.1, 0.15) is 17.3 Å². The highest BCUT2D eigenvalue weighted by Crippen LogP contribution is 2.24. The average Bonchev–Trinajstić information content (AvgIpc) is 2.12. The second kappa shape index (κ2) is 6.06. The molecular weight excluding hydrogens is 238 g/mol. The molecule has 6 heteroatoms. The molecule has 0 aromatic heterocycles. The summed E-state index contributed by atoms with van der Waals surface area (Å²) >= 11 is 0. The molecular formula is C12H18BFO4. The van der Waals surface area contributed by atoms with Gasteiger partial charge in [-0.1, -0.05) is 20.8 Å². The molecule has 0 saturated carbocycles. The van der Waals surface area contributed by atoms with Crippen LogP contribution in [0.4, 0.5) is 4.39 Å². The molecule has 1 aromatic carbocycles. The van der Waals surface area contributed by atoms with E-state index in [1.165, 1.54) is 12.1 Å². The van der Waals surface area contributed by atoms with Crippen molar-refractivity contribution in [2.45, 2.75) is 27.2 Å². The summed E-state index contributed by atoms with van der Waals surface area (Å²) in [6, 6.07) is 3.68. The monoisotopic (exact) mass is 256 g/mol. The summed E-state index contributed by atoms with van der Waals surface area (Å²) in [6.45, 7) is 6.70. The van der Waals surface area contributed by atoms with E-state index >= 15 is 0 Å². The SMILES string of the molecule is CC(C)(C)CCOc1cc(F)cc(OB(O)O)c1. The smallest absolute Gasteiger partial charge is 0.512 e. The summed E-state index contributed by atoms with van der Waals surface area (Å²) in [7, 11) is -1.98. The summed E-state index contributed by atoms with van der Waals surface area (Å²) in [5.41, 5.74) is 0.133. The molecule has 4 nitrogen and oxygen atoms in total. The summed E-state index contributed by atoms with van der Waals surface area (Å²) in [6.07, 6.45) is 0.822. The third kappa shape index (κ3) is 5.88. The number of halogens is 1. The highest BCUT2D eigenvalue weighted by molar-refractivity contribution is 6.33. The predicted octanol–water partition coefficient (Wildman–Crippen LogP) is 1.99. The van der Waals surface area contributed by atoms with Crippen LogP contribution in [0, 0.1) is 11.2 Å².